The first-order valence-corrected chi connectivity index (χ1v) is 18.1. The molecule has 0 radical (unpaired) electrons. The fourth-order valence-corrected chi connectivity index (χ4v) is 5.26. The molecule has 0 aliphatic carbocycles. The molecule has 12 heteroatoms. The van der Waals surface area contributed by atoms with E-state index in [9.17, 15) is 34.1 Å². The Hall–Kier alpha value is -1.52. The van der Waals surface area contributed by atoms with Crippen LogP contribution in [-0.4, -0.2) is 64.9 Å². The molecule has 0 rings (SSSR count). The number of aliphatic hydroxyl groups excluding tert-OH is 1. The Labute approximate surface area is 259 Å². The summed E-state index contributed by atoms with van der Waals surface area (Å²) in [7, 11) is -4.72. The second-order valence-corrected chi connectivity index (χ2v) is 12.8. The highest BCUT2D eigenvalue weighted by molar-refractivity contribution is 7.47. The number of esters is 1. The highest BCUT2D eigenvalue weighted by Crippen LogP contribution is 2.43. The number of hydrogen-bond donors (Lipinski definition) is 4. The zero-order valence-corrected chi connectivity index (χ0v) is 27.7. The van der Waals surface area contributed by atoms with Gasteiger partial charge in [-0.15, -0.1) is 0 Å². The number of phosphoric ester groups is 1. The minimum Gasteiger partial charge on any atom is -0.480 e. The van der Waals surface area contributed by atoms with Crippen LogP contribution in [0.25, 0.3) is 0 Å². The Balaban J connectivity index is 3.97. The highest BCUT2D eigenvalue weighted by Gasteiger charge is 2.28. The Morgan fingerprint density at radius 2 is 1.07 bits per heavy atom. The van der Waals surface area contributed by atoms with Gasteiger partial charge >= 0.3 is 19.8 Å². The molecule has 0 bridgehead atoms. The van der Waals surface area contributed by atoms with Gasteiger partial charge in [0.1, 0.15) is 12.7 Å². The summed E-state index contributed by atoms with van der Waals surface area (Å²) in [5, 5.41) is 21.5. The number of unbranched alkanes of at least 4 members (excludes halogenated alkanes) is 17. The maximum absolute atomic E-state index is 12.2. The normalized spacial score (nSPS) is 14.1. The monoisotopic (exact) mass is 637 g/mol. The Kier molecular flexibility index (Phi) is 27.0. The van der Waals surface area contributed by atoms with Crippen LogP contribution in [-0.2, 0) is 32.7 Å². The summed E-state index contributed by atoms with van der Waals surface area (Å²) in [5.41, 5.74) is 0. The van der Waals surface area contributed by atoms with Crippen LogP contribution in [0, 0.1) is 0 Å². The third-order valence-electron chi connectivity index (χ3n) is 7.15. The van der Waals surface area contributed by atoms with Crippen molar-refractivity contribution in [3.05, 3.63) is 0 Å². The molecule has 0 heterocycles. The molecule has 0 fully saturated rings. The molecule has 4 N–H and O–H groups in total. The molecular formula is C31H60NO10P. The van der Waals surface area contributed by atoms with E-state index in [1.807, 2.05) is 0 Å². The average molecular weight is 638 g/mol. The molecule has 0 aromatic carbocycles. The summed E-state index contributed by atoms with van der Waals surface area (Å²) in [6.45, 7) is 2.41. The van der Waals surface area contributed by atoms with Crippen LogP contribution in [0.4, 0.5) is 0 Å². The number of carbonyl (C=O) groups excluding carboxylic acids is 2. The molecular weight excluding hydrogens is 577 g/mol. The van der Waals surface area contributed by atoms with Crippen LogP contribution in [0.3, 0.4) is 0 Å². The predicted molar refractivity (Wildman–Crippen MR) is 167 cm³/mol. The summed E-state index contributed by atoms with van der Waals surface area (Å²) < 4.78 is 26.4. The van der Waals surface area contributed by atoms with Gasteiger partial charge in [-0.1, -0.05) is 123 Å². The Morgan fingerprint density at radius 3 is 1.56 bits per heavy atom. The second-order valence-electron chi connectivity index (χ2n) is 11.4. The van der Waals surface area contributed by atoms with Gasteiger partial charge in [-0.2, -0.15) is 0 Å². The number of aliphatic hydroxyl groups is 1. The van der Waals surface area contributed by atoms with Crippen LogP contribution in [0.15, 0.2) is 0 Å². The van der Waals surface area contributed by atoms with Gasteiger partial charge < -0.3 is 25.2 Å². The van der Waals surface area contributed by atoms with E-state index in [2.05, 4.69) is 23.7 Å². The van der Waals surface area contributed by atoms with Crippen molar-refractivity contribution in [3.63, 3.8) is 0 Å². The van der Waals surface area contributed by atoms with Gasteiger partial charge in [0.2, 0.25) is 5.91 Å². The van der Waals surface area contributed by atoms with Crippen molar-refractivity contribution in [1.29, 1.82) is 0 Å². The molecule has 0 saturated carbocycles. The predicted octanol–water partition coefficient (Wildman–Crippen LogP) is 6.83. The fraction of sp³-hybridized carbons (Fsp3) is 0.903. The number of hydrogen-bond acceptors (Lipinski definition) is 8. The molecule has 0 aliphatic rings. The van der Waals surface area contributed by atoms with E-state index in [0.29, 0.717) is 12.8 Å². The Bertz CT molecular complexity index is 767. The van der Waals surface area contributed by atoms with Crippen molar-refractivity contribution in [1.82, 2.24) is 5.32 Å². The zero-order chi connectivity index (χ0) is 32.2. The quantitative estimate of drug-likeness (QED) is 0.0359. The van der Waals surface area contributed by atoms with Crippen LogP contribution < -0.4 is 5.32 Å². The minimum atomic E-state index is -4.72. The number of aliphatic carboxylic acids is 1. The lowest BCUT2D eigenvalue weighted by Gasteiger charge is -2.18. The zero-order valence-electron chi connectivity index (χ0n) is 26.8. The number of nitrogens with one attached hydrogen (secondary N) is 1. The fourth-order valence-electron chi connectivity index (χ4n) is 4.49. The summed E-state index contributed by atoms with van der Waals surface area (Å²) in [4.78, 5) is 45.1. The molecule has 43 heavy (non-hydrogen) atoms. The maximum Gasteiger partial charge on any atom is 0.472 e. The molecule has 0 spiro atoms. The second kappa shape index (κ2) is 28.0. The number of phosphoric acid groups is 1. The first-order chi connectivity index (χ1) is 20.6. The lowest BCUT2D eigenvalue weighted by molar-refractivity contribution is -0.147. The summed E-state index contributed by atoms with van der Waals surface area (Å²) in [6, 6.07) is -1.54. The van der Waals surface area contributed by atoms with E-state index in [1.165, 1.54) is 70.6 Å². The Morgan fingerprint density at radius 1 is 0.651 bits per heavy atom. The van der Waals surface area contributed by atoms with E-state index in [-0.39, 0.29) is 12.8 Å². The van der Waals surface area contributed by atoms with Gasteiger partial charge in [-0.3, -0.25) is 18.6 Å². The molecule has 0 aromatic heterocycles. The lowest BCUT2D eigenvalue weighted by Crippen LogP contribution is -2.43. The van der Waals surface area contributed by atoms with Crippen molar-refractivity contribution in [2.24, 2.45) is 0 Å². The number of ether oxygens (including phenoxy) is 1. The number of carboxylic acid groups (broad SMARTS) is 1. The molecule has 0 aliphatic heterocycles. The van der Waals surface area contributed by atoms with Crippen molar-refractivity contribution in [2.45, 2.75) is 161 Å². The molecule has 1 amide bonds. The molecule has 3 unspecified atom stereocenters. The van der Waals surface area contributed by atoms with Gasteiger partial charge in [-0.25, -0.2) is 9.36 Å². The first kappa shape index (κ1) is 41.5. The topological polar surface area (TPSA) is 169 Å². The van der Waals surface area contributed by atoms with Gasteiger partial charge in [-0.05, 0) is 12.8 Å². The highest BCUT2D eigenvalue weighted by atomic mass is 31.2. The summed E-state index contributed by atoms with van der Waals surface area (Å²) >= 11 is 0. The largest absolute Gasteiger partial charge is 0.480 e. The average Bonchev–Trinajstić information content (AvgIpc) is 2.97. The summed E-state index contributed by atoms with van der Waals surface area (Å²) in [6.07, 6.45) is 20.7. The lowest BCUT2D eigenvalue weighted by atomic mass is 10.0. The molecule has 11 nitrogen and oxygen atoms in total. The van der Waals surface area contributed by atoms with Crippen molar-refractivity contribution < 1.29 is 47.8 Å². The molecule has 0 aromatic rings. The molecule has 0 saturated heterocycles. The number of carbonyl (C=O) groups is 3. The van der Waals surface area contributed by atoms with Crippen LogP contribution >= 0.6 is 7.82 Å². The molecule has 254 valence electrons. The smallest absolute Gasteiger partial charge is 0.472 e. The SMILES string of the molecule is CCCCCCCCCCCCCCCCCC(=O)NC(COP(=O)(O)OCC(O)COC(=O)CCCCCC)C(=O)O. The van der Waals surface area contributed by atoms with Crippen molar-refractivity contribution >= 4 is 25.7 Å². The minimum absolute atomic E-state index is 0.152. The van der Waals surface area contributed by atoms with E-state index in [1.54, 1.807) is 0 Å². The van der Waals surface area contributed by atoms with Gasteiger partial charge in [0.25, 0.3) is 0 Å². The van der Waals surface area contributed by atoms with Crippen molar-refractivity contribution in [3.8, 4) is 0 Å². The number of amides is 1. The standard InChI is InChI=1S/C31H60NO10P/c1-3-5-7-9-10-11-12-13-14-15-16-17-18-19-20-22-29(34)32-28(31(36)37)26-42-43(38,39)41-25-27(33)24-40-30(35)23-21-8-6-4-2/h27-28,33H,3-26H2,1-2H3,(H,32,34)(H,36,37)(H,38,39). The summed E-state index contributed by atoms with van der Waals surface area (Å²) in [5.74, 6) is -2.38. The van der Waals surface area contributed by atoms with Crippen LogP contribution in [0.1, 0.15) is 149 Å². The molecule has 3 atom stereocenters. The van der Waals surface area contributed by atoms with E-state index < -0.39 is 57.6 Å². The van der Waals surface area contributed by atoms with Crippen LogP contribution in [0.2, 0.25) is 0 Å². The number of carboxylic acids is 1. The van der Waals surface area contributed by atoms with Crippen molar-refractivity contribution in [2.75, 3.05) is 19.8 Å². The van der Waals surface area contributed by atoms with E-state index >= 15 is 0 Å². The first-order valence-electron chi connectivity index (χ1n) is 16.6. The van der Waals surface area contributed by atoms with Gasteiger partial charge in [0.15, 0.2) is 6.04 Å². The maximum atomic E-state index is 12.2. The number of rotatable bonds is 31. The van der Waals surface area contributed by atoms with E-state index in [4.69, 9.17) is 9.26 Å². The van der Waals surface area contributed by atoms with Gasteiger partial charge in [0.05, 0.1) is 13.2 Å². The van der Waals surface area contributed by atoms with Gasteiger partial charge in [0, 0.05) is 12.8 Å². The van der Waals surface area contributed by atoms with Crippen LogP contribution in [0.5, 0.6) is 0 Å². The third-order valence-corrected chi connectivity index (χ3v) is 8.10. The third kappa shape index (κ3) is 27.7. The van der Waals surface area contributed by atoms with E-state index in [0.717, 1.165) is 38.5 Å².